The zero-order valence-electron chi connectivity index (χ0n) is 27.1. The van der Waals surface area contributed by atoms with Gasteiger partial charge in [-0.15, -0.1) is 0 Å². The number of nitrogens with zero attached hydrogens (tertiary/aromatic N) is 5. The molecule has 0 spiro atoms. The quantitative estimate of drug-likeness (QED) is 0.309. The molecule has 4 aromatic rings. The smallest absolute Gasteiger partial charge is 0.254 e. The lowest BCUT2D eigenvalue weighted by Crippen LogP contribution is -2.41. The van der Waals surface area contributed by atoms with E-state index >= 15 is 0 Å². The standard InChI is InChI=1S/C36H44N6O4/c1-39-34-27(15-25(17-30(34)46-3)36(44)42-19-24-9-10-28(42)32(24)37)38-35(39)29-16-23-5-4-6-26(33(23)41(29)18-21-7-8-21)22-11-13-40(14-12-22)31(43)20-45-2/h4-6,15-17,21-22,24,28,32H,7-14,18-20,37H2,1-3H3/t24-,28-,32-/m1/s1. The molecule has 0 radical (unpaired) electrons. The van der Waals surface area contributed by atoms with E-state index in [0.717, 1.165) is 74.4 Å². The number of hydrogen-bond donors (Lipinski definition) is 1. The van der Waals surface area contributed by atoms with Crippen LogP contribution in [0.1, 0.15) is 60.4 Å². The maximum atomic E-state index is 13.8. The number of aromatic nitrogens is 3. The number of ether oxygens (including phenoxy) is 2. The minimum atomic E-state index is 0.0116. The van der Waals surface area contributed by atoms with Crippen LogP contribution in [0.15, 0.2) is 36.4 Å². The summed E-state index contributed by atoms with van der Waals surface area (Å²) < 4.78 is 15.6. The molecule has 2 N–H and O–H groups in total. The number of benzene rings is 2. The number of amides is 2. The summed E-state index contributed by atoms with van der Waals surface area (Å²) in [6, 6.07) is 12.9. The fourth-order valence-electron chi connectivity index (χ4n) is 8.54. The first-order valence-electron chi connectivity index (χ1n) is 16.9. The summed E-state index contributed by atoms with van der Waals surface area (Å²) >= 11 is 0. The predicted molar refractivity (Wildman–Crippen MR) is 177 cm³/mol. The molecule has 46 heavy (non-hydrogen) atoms. The molecule has 4 aliphatic rings. The number of hydrogen-bond acceptors (Lipinski definition) is 6. The Morgan fingerprint density at radius 1 is 1.00 bits per heavy atom. The Hall–Kier alpha value is -3.89. The summed E-state index contributed by atoms with van der Waals surface area (Å²) in [5.41, 5.74) is 12.4. The van der Waals surface area contributed by atoms with Gasteiger partial charge in [0, 0.05) is 63.4 Å². The van der Waals surface area contributed by atoms with E-state index in [1.165, 1.54) is 29.3 Å². The summed E-state index contributed by atoms with van der Waals surface area (Å²) in [4.78, 5) is 35.4. The second-order valence-corrected chi connectivity index (χ2v) is 13.9. The van der Waals surface area contributed by atoms with E-state index in [-0.39, 0.29) is 30.5 Å². The summed E-state index contributed by atoms with van der Waals surface area (Å²) in [5, 5.41) is 1.21. The van der Waals surface area contributed by atoms with E-state index in [4.69, 9.17) is 20.2 Å². The van der Waals surface area contributed by atoms with Crippen molar-refractivity contribution in [2.24, 2.45) is 24.6 Å². The van der Waals surface area contributed by atoms with Gasteiger partial charge >= 0.3 is 0 Å². The van der Waals surface area contributed by atoms with Crippen molar-refractivity contribution in [2.75, 3.05) is 40.5 Å². The highest BCUT2D eigenvalue weighted by Crippen LogP contribution is 2.42. The molecule has 2 saturated carbocycles. The van der Waals surface area contributed by atoms with Gasteiger partial charge in [-0.3, -0.25) is 9.59 Å². The third-order valence-corrected chi connectivity index (χ3v) is 11.2. The van der Waals surface area contributed by atoms with Crippen LogP contribution in [-0.2, 0) is 23.1 Å². The summed E-state index contributed by atoms with van der Waals surface area (Å²) in [6.45, 7) is 3.30. The number of imidazole rings is 1. The number of aryl methyl sites for hydroxylation is 1. The van der Waals surface area contributed by atoms with Crippen LogP contribution >= 0.6 is 0 Å². The fourth-order valence-corrected chi connectivity index (χ4v) is 8.54. The van der Waals surface area contributed by atoms with Crippen molar-refractivity contribution in [3.8, 4) is 17.3 Å². The summed E-state index contributed by atoms with van der Waals surface area (Å²) in [6.07, 6.45) is 6.43. The molecule has 2 bridgehead atoms. The van der Waals surface area contributed by atoms with Crippen LogP contribution in [0.2, 0.25) is 0 Å². The van der Waals surface area contributed by atoms with Gasteiger partial charge < -0.3 is 34.1 Å². The highest BCUT2D eigenvalue weighted by Gasteiger charge is 2.47. The average molecular weight is 625 g/mol. The van der Waals surface area contributed by atoms with E-state index in [9.17, 15) is 9.59 Å². The lowest BCUT2D eigenvalue weighted by molar-refractivity contribution is -0.136. The van der Waals surface area contributed by atoms with Crippen molar-refractivity contribution in [1.82, 2.24) is 23.9 Å². The minimum Gasteiger partial charge on any atom is -0.494 e. The maximum absolute atomic E-state index is 13.8. The molecule has 2 aliphatic heterocycles. The SMILES string of the molecule is COCC(=O)N1CCC(c2cccc3cc(-c4nc5cc(C(=O)N6C[C@H]7CC[C@@H]6[C@@H]7N)cc(OC)c5n4C)n(CC4CC4)c23)CC1. The van der Waals surface area contributed by atoms with Crippen LogP contribution < -0.4 is 10.5 Å². The Bertz CT molecular complexity index is 1830. The van der Waals surface area contributed by atoms with Crippen molar-refractivity contribution >= 4 is 33.8 Å². The number of nitrogens with two attached hydrogens (primary N) is 1. The first-order valence-corrected chi connectivity index (χ1v) is 16.9. The Morgan fingerprint density at radius 2 is 1.80 bits per heavy atom. The minimum absolute atomic E-state index is 0.0116. The number of fused-ring (bicyclic) bond motifs is 4. The molecule has 242 valence electrons. The largest absolute Gasteiger partial charge is 0.494 e. The Labute approximate surface area is 269 Å². The van der Waals surface area contributed by atoms with Crippen molar-refractivity contribution in [3.63, 3.8) is 0 Å². The number of rotatable bonds is 8. The van der Waals surface area contributed by atoms with E-state index in [1.807, 2.05) is 29.0 Å². The van der Waals surface area contributed by atoms with E-state index in [0.29, 0.717) is 29.1 Å². The molecule has 2 aromatic carbocycles. The van der Waals surface area contributed by atoms with Gasteiger partial charge in [0.1, 0.15) is 17.9 Å². The number of carbonyl (C=O) groups excluding carboxylic acids is 2. The monoisotopic (exact) mass is 624 g/mol. The number of methoxy groups -OCH3 is 2. The van der Waals surface area contributed by atoms with Gasteiger partial charge in [0.25, 0.3) is 5.91 Å². The zero-order valence-corrected chi connectivity index (χ0v) is 27.1. The highest BCUT2D eigenvalue weighted by molar-refractivity contribution is 6.00. The van der Waals surface area contributed by atoms with Gasteiger partial charge in [0.15, 0.2) is 5.82 Å². The molecule has 0 unspecified atom stereocenters. The van der Waals surface area contributed by atoms with Crippen LogP contribution in [-0.4, -0.2) is 88.3 Å². The second-order valence-electron chi connectivity index (χ2n) is 13.9. The zero-order chi connectivity index (χ0) is 31.7. The average Bonchev–Trinajstić information content (AvgIpc) is 3.46. The molecule has 2 saturated heterocycles. The van der Waals surface area contributed by atoms with Crippen LogP contribution in [0.4, 0.5) is 0 Å². The van der Waals surface area contributed by atoms with Crippen molar-refractivity contribution in [2.45, 2.75) is 63.1 Å². The number of para-hydroxylation sites is 1. The van der Waals surface area contributed by atoms with Crippen molar-refractivity contribution in [1.29, 1.82) is 0 Å². The lowest BCUT2D eigenvalue weighted by Gasteiger charge is -2.32. The Morgan fingerprint density at radius 3 is 2.48 bits per heavy atom. The first kappa shape index (κ1) is 29.5. The topological polar surface area (TPSA) is 108 Å². The van der Waals surface area contributed by atoms with E-state index < -0.39 is 0 Å². The third-order valence-electron chi connectivity index (χ3n) is 11.2. The Kier molecular flexibility index (Phi) is 7.32. The Balaban J connectivity index is 1.18. The van der Waals surface area contributed by atoms with Crippen LogP contribution in [0.25, 0.3) is 33.5 Å². The number of piperidine rings is 2. The summed E-state index contributed by atoms with van der Waals surface area (Å²) in [5.74, 6) is 3.02. The number of carbonyl (C=O) groups is 2. The van der Waals surface area contributed by atoms with Crippen LogP contribution in [0, 0.1) is 11.8 Å². The first-order chi connectivity index (χ1) is 22.4. The molecular formula is C36H44N6O4. The van der Waals surface area contributed by atoms with E-state index in [2.05, 4.69) is 33.4 Å². The molecule has 10 nitrogen and oxygen atoms in total. The fraction of sp³-hybridized carbons (Fsp3) is 0.528. The molecule has 2 aliphatic carbocycles. The molecule has 2 amide bonds. The van der Waals surface area contributed by atoms with E-state index in [1.54, 1.807) is 14.2 Å². The molecule has 2 aromatic heterocycles. The molecule has 4 heterocycles. The lowest BCUT2D eigenvalue weighted by atomic mass is 9.88. The molecular weight excluding hydrogens is 580 g/mol. The van der Waals surface area contributed by atoms with Gasteiger partial charge in [-0.25, -0.2) is 4.98 Å². The van der Waals surface area contributed by atoms with Gasteiger partial charge in [-0.1, -0.05) is 18.2 Å². The van der Waals surface area contributed by atoms with Crippen molar-refractivity contribution in [3.05, 3.63) is 47.5 Å². The maximum Gasteiger partial charge on any atom is 0.254 e. The number of likely N-dealkylation sites (tertiary alicyclic amines) is 2. The van der Waals surface area contributed by atoms with Crippen LogP contribution in [0.3, 0.4) is 0 Å². The van der Waals surface area contributed by atoms with Crippen LogP contribution in [0.5, 0.6) is 5.75 Å². The highest BCUT2D eigenvalue weighted by atomic mass is 16.5. The van der Waals surface area contributed by atoms with Gasteiger partial charge in [0.05, 0.1) is 23.8 Å². The molecule has 4 fully saturated rings. The third kappa shape index (κ3) is 4.80. The van der Waals surface area contributed by atoms with Gasteiger partial charge in [0.2, 0.25) is 5.91 Å². The van der Waals surface area contributed by atoms with Gasteiger partial charge in [-0.2, -0.15) is 0 Å². The second kappa shape index (κ2) is 11.4. The summed E-state index contributed by atoms with van der Waals surface area (Å²) in [7, 11) is 5.28. The molecule has 10 heteroatoms. The van der Waals surface area contributed by atoms with Crippen molar-refractivity contribution < 1.29 is 19.1 Å². The molecule has 8 rings (SSSR count). The predicted octanol–water partition coefficient (Wildman–Crippen LogP) is 4.53. The molecule has 3 atom stereocenters. The van der Waals surface area contributed by atoms with Gasteiger partial charge in [-0.05, 0) is 80.0 Å². The normalized spacial score (nSPS) is 23.3.